The van der Waals surface area contributed by atoms with E-state index in [4.69, 9.17) is 11.1 Å². The minimum Gasteiger partial charge on any atom is -0.465 e. The van der Waals surface area contributed by atoms with Gasteiger partial charge in [0.2, 0.25) is 0 Å². The van der Waals surface area contributed by atoms with E-state index in [0.717, 1.165) is 6.26 Å². The van der Waals surface area contributed by atoms with Gasteiger partial charge in [-0.25, -0.2) is 18.0 Å². The molecule has 1 fully saturated rings. The Balaban J connectivity index is 0.00000320. The molecular formula is C19H21ClN4O5S. The van der Waals surface area contributed by atoms with Crippen molar-refractivity contribution in [2.45, 2.75) is 4.90 Å². The van der Waals surface area contributed by atoms with Crippen LogP contribution in [0.4, 0.5) is 16.2 Å². The number of amidine groups is 1. The van der Waals surface area contributed by atoms with E-state index in [0.29, 0.717) is 17.8 Å². The first kappa shape index (κ1) is 23.2. The number of anilines is 2. The largest absolute Gasteiger partial charge is 0.465 e. The summed E-state index contributed by atoms with van der Waals surface area (Å²) in [4.78, 5) is 27.5. The zero-order chi connectivity index (χ0) is 21.3. The van der Waals surface area contributed by atoms with Crippen LogP contribution < -0.4 is 15.5 Å². The molecule has 30 heavy (non-hydrogen) atoms. The lowest BCUT2D eigenvalue weighted by molar-refractivity contribution is 0.0600. The summed E-state index contributed by atoms with van der Waals surface area (Å²) >= 11 is 0. The molecule has 2 aromatic carbocycles. The number of esters is 1. The molecule has 3 N–H and O–H groups in total. The summed E-state index contributed by atoms with van der Waals surface area (Å²) in [7, 11) is -2.51. The SMILES string of the molecule is COC(=O)c1ccc(N2CCN(c3ccc(C(=N)N)cc3)C2=O)c(S(C)(=O)=O)c1.Cl. The highest BCUT2D eigenvalue weighted by molar-refractivity contribution is 7.90. The van der Waals surface area contributed by atoms with Gasteiger partial charge in [-0.15, -0.1) is 12.4 Å². The van der Waals surface area contributed by atoms with Crippen molar-refractivity contribution in [1.82, 2.24) is 0 Å². The molecule has 0 atom stereocenters. The Morgan fingerprint density at radius 2 is 1.63 bits per heavy atom. The summed E-state index contributed by atoms with van der Waals surface area (Å²) in [6.45, 7) is 0.619. The average molecular weight is 453 g/mol. The molecule has 9 nitrogen and oxygen atoms in total. The second-order valence-corrected chi connectivity index (χ2v) is 8.48. The maximum Gasteiger partial charge on any atom is 0.337 e. The number of hydrogen-bond acceptors (Lipinski definition) is 6. The average Bonchev–Trinajstić information content (AvgIpc) is 3.07. The van der Waals surface area contributed by atoms with Gasteiger partial charge in [-0.1, -0.05) is 0 Å². The summed E-state index contributed by atoms with van der Waals surface area (Å²) in [5.74, 6) is -0.740. The van der Waals surface area contributed by atoms with Crippen LogP contribution in [0.1, 0.15) is 15.9 Å². The van der Waals surface area contributed by atoms with Crippen molar-refractivity contribution in [2.75, 3.05) is 36.3 Å². The van der Waals surface area contributed by atoms with Crippen LogP contribution in [0.2, 0.25) is 0 Å². The number of nitrogens with zero attached hydrogens (tertiary/aromatic N) is 2. The monoisotopic (exact) mass is 452 g/mol. The molecule has 11 heteroatoms. The third kappa shape index (κ3) is 4.39. The Morgan fingerprint density at radius 1 is 1.07 bits per heavy atom. The van der Waals surface area contributed by atoms with E-state index < -0.39 is 21.8 Å². The number of nitrogens with two attached hydrogens (primary N) is 1. The highest BCUT2D eigenvalue weighted by atomic mass is 35.5. The van der Waals surface area contributed by atoms with Gasteiger partial charge in [-0.05, 0) is 42.5 Å². The number of rotatable bonds is 5. The Labute approximate surface area is 180 Å². The van der Waals surface area contributed by atoms with Crippen molar-refractivity contribution >= 4 is 51.5 Å². The predicted molar refractivity (Wildman–Crippen MR) is 116 cm³/mol. The number of sulfone groups is 1. The zero-order valence-electron chi connectivity index (χ0n) is 16.3. The number of nitrogen functional groups attached to an aromatic ring is 1. The van der Waals surface area contributed by atoms with E-state index in [1.807, 2.05) is 0 Å². The number of ether oxygens (including phenoxy) is 1. The van der Waals surface area contributed by atoms with E-state index in [1.54, 1.807) is 24.3 Å². The van der Waals surface area contributed by atoms with E-state index in [9.17, 15) is 18.0 Å². The number of carbonyl (C=O) groups excluding carboxylic acids is 2. The van der Waals surface area contributed by atoms with Gasteiger partial charge < -0.3 is 10.5 Å². The Kier molecular flexibility index (Phi) is 6.73. The molecule has 0 spiro atoms. The fourth-order valence-corrected chi connectivity index (χ4v) is 4.00. The lowest BCUT2D eigenvalue weighted by Gasteiger charge is -2.21. The van der Waals surface area contributed by atoms with Crippen molar-refractivity contribution in [3.63, 3.8) is 0 Å². The second kappa shape index (κ2) is 8.72. The van der Waals surface area contributed by atoms with Crippen LogP contribution >= 0.6 is 12.4 Å². The smallest absolute Gasteiger partial charge is 0.337 e. The van der Waals surface area contributed by atoms with Crippen molar-refractivity contribution in [3.05, 3.63) is 53.6 Å². The van der Waals surface area contributed by atoms with Crippen LogP contribution in [0.3, 0.4) is 0 Å². The molecule has 1 heterocycles. The molecule has 0 aromatic heterocycles. The van der Waals surface area contributed by atoms with Gasteiger partial charge in [0.05, 0.1) is 23.3 Å². The number of amides is 2. The molecule has 0 unspecified atom stereocenters. The van der Waals surface area contributed by atoms with Crippen LogP contribution in [0.15, 0.2) is 47.4 Å². The van der Waals surface area contributed by atoms with Gasteiger partial charge in [0.1, 0.15) is 5.84 Å². The minimum absolute atomic E-state index is 0. The topological polar surface area (TPSA) is 134 Å². The van der Waals surface area contributed by atoms with Crippen LogP contribution in [-0.2, 0) is 14.6 Å². The van der Waals surface area contributed by atoms with E-state index in [1.165, 1.54) is 35.1 Å². The fraction of sp³-hybridized carbons (Fsp3) is 0.211. The van der Waals surface area contributed by atoms with E-state index in [2.05, 4.69) is 4.74 Å². The highest BCUT2D eigenvalue weighted by Crippen LogP contribution is 2.31. The van der Waals surface area contributed by atoms with Gasteiger partial charge in [-0.3, -0.25) is 15.2 Å². The quantitative estimate of drug-likeness (QED) is 0.405. The molecule has 0 aliphatic carbocycles. The normalized spacial score (nSPS) is 13.7. The molecule has 160 valence electrons. The summed E-state index contributed by atoms with van der Waals surface area (Å²) in [5.41, 5.74) is 6.88. The predicted octanol–water partition coefficient (Wildman–Crippen LogP) is 2.03. The number of halogens is 1. The number of benzene rings is 2. The maximum absolute atomic E-state index is 13.0. The van der Waals surface area contributed by atoms with Crippen LogP contribution in [0, 0.1) is 5.41 Å². The van der Waals surface area contributed by atoms with Gasteiger partial charge in [0, 0.05) is 30.6 Å². The van der Waals surface area contributed by atoms with Crippen molar-refractivity contribution in [3.8, 4) is 0 Å². The summed E-state index contributed by atoms with van der Waals surface area (Å²) in [6.07, 6.45) is 1.02. The first-order valence-corrected chi connectivity index (χ1v) is 10.5. The molecular weight excluding hydrogens is 432 g/mol. The van der Waals surface area contributed by atoms with Gasteiger partial charge in [-0.2, -0.15) is 0 Å². The second-order valence-electron chi connectivity index (χ2n) is 6.49. The number of carbonyl (C=O) groups is 2. The van der Waals surface area contributed by atoms with E-state index in [-0.39, 0.29) is 40.9 Å². The first-order valence-electron chi connectivity index (χ1n) is 8.59. The lowest BCUT2D eigenvalue weighted by Crippen LogP contribution is -2.32. The molecule has 1 aliphatic rings. The van der Waals surface area contributed by atoms with Crippen LogP contribution in [0.25, 0.3) is 0 Å². The number of methoxy groups -OCH3 is 1. The Morgan fingerprint density at radius 3 is 2.17 bits per heavy atom. The van der Waals surface area contributed by atoms with Gasteiger partial charge in [0.15, 0.2) is 9.84 Å². The summed E-state index contributed by atoms with van der Waals surface area (Å²) in [6, 6.07) is 10.3. The summed E-state index contributed by atoms with van der Waals surface area (Å²) in [5, 5.41) is 7.44. The number of urea groups is 1. The van der Waals surface area contributed by atoms with Crippen molar-refractivity contribution in [1.29, 1.82) is 5.41 Å². The minimum atomic E-state index is -3.71. The molecule has 2 amide bonds. The fourth-order valence-electron chi connectivity index (χ4n) is 3.10. The molecule has 3 rings (SSSR count). The highest BCUT2D eigenvalue weighted by Gasteiger charge is 2.33. The van der Waals surface area contributed by atoms with Crippen molar-refractivity contribution < 1.29 is 22.7 Å². The molecule has 0 saturated carbocycles. The van der Waals surface area contributed by atoms with Gasteiger partial charge in [0.25, 0.3) is 0 Å². The Hall–Kier alpha value is -3.11. The third-order valence-corrected chi connectivity index (χ3v) is 5.70. The van der Waals surface area contributed by atoms with Crippen LogP contribution in [0.5, 0.6) is 0 Å². The lowest BCUT2D eigenvalue weighted by atomic mass is 10.2. The van der Waals surface area contributed by atoms with E-state index >= 15 is 0 Å². The molecule has 2 aromatic rings. The van der Waals surface area contributed by atoms with Crippen LogP contribution in [-0.4, -0.2) is 52.7 Å². The molecule has 1 saturated heterocycles. The zero-order valence-corrected chi connectivity index (χ0v) is 17.9. The molecule has 1 aliphatic heterocycles. The Bertz CT molecular complexity index is 1100. The molecule has 0 bridgehead atoms. The number of nitrogens with one attached hydrogen (secondary N) is 1. The third-order valence-electron chi connectivity index (χ3n) is 4.57. The van der Waals surface area contributed by atoms with Crippen molar-refractivity contribution in [2.24, 2.45) is 5.73 Å². The summed E-state index contributed by atoms with van der Waals surface area (Å²) < 4.78 is 29.2. The maximum atomic E-state index is 13.0. The molecule has 0 radical (unpaired) electrons. The standard InChI is InChI=1S/C19H20N4O5S.ClH/c1-28-18(24)13-5-8-15(16(11-13)29(2,26)27)23-10-9-22(19(23)25)14-6-3-12(4-7-14)17(20)21;/h3-8,11H,9-10H2,1-2H3,(H3,20,21);1H. The first-order chi connectivity index (χ1) is 13.6. The van der Waals surface area contributed by atoms with Gasteiger partial charge >= 0.3 is 12.0 Å². The number of hydrogen-bond donors (Lipinski definition) is 2.